The molecule has 1 amide bonds. The molecule has 1 atom stereocenters. The predicted octanol–water partition coefficient (Wildman–Crippen LogP) is 2.55. The third kappa shape index (κ3) is 5.34. The van der Waals surface area contributed by atoms with Gasteiger partial charge < -0.3 is 15.2 Å². The number of hydrogen-bond acceptors (Lipinski definition) is 4. The third-order valence-corrected chi connectivity index (χ3v) is 5.64. The molecule has 0 saturated carbocycles. The second kappa shape index (κ2) is 9.69. The van der Waals surface area contributed by atoms with Crippen LogP contribution in [0.25, 0.3) is 17.1 Å². The minimum Gasteiger partial charge on any atom is -0.348 e. The van der Waals surface area contributed by atoms with Gasteiger partial charge in [-0.05, 0) is 37.2 Å². The Hall–Kier alpha value is -2.96. The molecule has 1 saturated heterocycles. The maximum atomic E-state index is 12.7. The molecule has 0 aliphatic carbocycles. The number of hydrogen-bond donors (Lipinski definition) is 2. The topological polar surface area (TPSA) is 64.3 Å². The molecule has 0 bridgehead atoms. The van der Waals surface area contributed by atoms with Gasteiger partial charge in [0.2, 0.25) is 5.91 Å². The lowest BCUT2D eigenvalue weighted by molar-refractivity contribution is -0.117. The van der Waals surface area contributed by atoms with Gasteiger partial charge in [0.15, 0.2) is 0 Å². The van der Waals surface area contributed by atoms with Crippen LogP contribution in [0, 0.1) is 0 Å². The smallest absolute Gasteiger partial charge is 0.244 e. The van der Waals surface area contributed by atoms with E-state index < -0.39 is 0 Å². The molecule has 1 unspecified atom stereocenters. The van der Waals surface area contributed by atoms with Gasteiger partial charge in [-0.15, -0.1) is 0 Å². The number of amides is 1. The molecule has 6 heteroatoms. The molecule has 1 aliphatic rings. The average Bonchev–Trinajstić information content (AvgIpc) is 3.18. The summed E-state index contributed by atoms with van der Waals surface area (Å²) in [5.41, 5.74) is 3.03. The van der Waals surface area contributed by atoms with Crippen LogP contribution in [0.15, 0.2) is 60.9 Å². The number of likely N-dealkylation sites (N-methyl/N-ethyl adjacent to an activating group) is 1. The summed E-state index contributed by atoms with van der Waals surface area (Å²) in [5, 5.41) is 4.24. The van der Waals surface area contributed by atoms with Gasteiger partial charge in [-0.2, -0.15) is 0 Å². The molecule has 1 aromatic carbocycles. The van der Waals surface area contributed by atoms with Crippen molar-refractivity contribution in [3.05, 3.63) is 72.1 Å². The van der Waals surface area contributed by atoms with Gasteiger partial charge in [-0.3, -0.25) is 9.69 Å². The Morgan fingerprint density at radius 1 is 1.17 bits per heavy atom. The molecule has 1 aliphatic heterocycles. The molecule has 4 rings (SSSR count). The highest BCUT2D eigenvalue weighted by atomic mass is 16.1. The van der Waals surface area contributed by atoms with E-state index >= 15 is 0 Å². The Labute approximate surface area is 177 Å². The first-order valence-electron chi connectivity index (χ1n) is 10.5. The number of aromatic amines is 1. The van der Waals surface area contributed by atoms with E-state index in [-0.39, 0.29) is 11.9 Å². The van der Waals surface area contributed by atoms with Crippen LogP contribution >= 0.6 is 0 Å². The van der Waals surface area contributed by atoms with Crippen molar-refractivity contribution in [1.82, 2.24) is 25.1 Å². The number of nitrogens with zero attached hydrogens (tertiary/aromatic N) is 3. The Kier molecular flexibility index (Phi) is 6.57. The first-order chi connectivity index (χ1) is 14.7. The van der Waals surface area contributed by atoms with E-state index in [1.165, 1.54) is 5.56 Å². The molecule has 1 fully saturated rings. The number of fused-ring (bicyclic) bond motifs is 1. The number of benzene rings is 1. The van der Waals surface area contributed by atoms with Gasteiger partial charge in [0.25, 0.3) is 0 Å². The molecule has 0 radical (unpaired) electrons. The minimum atomic E-state index is -0.0664. The maximum absolute atomic E-state index is 12.7. The summed E-state index contributed by atoms with van der Waals surface area (Å²) in [6, 6.07) is 14.3. The number of H-pyrrole nitrogens is 1. The molecule has 6 nitrogen and oxygen atoms in total. The highest BCUT2D eigenvalue weighted by molar-refractivity contribution is 5.95. The van der Waals surface area contributed by atoms with Crippen LogP contribution in [-0.2, 0) is 11.2 Å². The van der Waals surface area contributed by atoms with E-state index in [1.54, 1.807) is 12.3 Å². The lowest BCUT2D eigenvalue weighted by atomic mass is 10.0. The summed E-state index contributed by atoms with van der Waals surface area (Å²) < 4.78 is 0. The van der Waals surface area contributed by atoms with E-state index in [0.29, 0.717) is 0 Å². The second-order valence-corrected chi connectivity index (χ2v) is 7.98. The second-order valence-electron chi connectivity index (χ2n) is 7.98. The fourth-order valence-corrected chi connectivity index (χ4v) is 3.93. The zero-order valence-corrected chi connectivity index (χ0v) is 17.4. The minimum absolute atomic E-state index is 0.0664. The number of carbonyl (C=O) groups excluding carboxylic acids is 1. The largest absolute Gasteiger partial charge is 0.348 e. The number of rotatable bonds is 7. The van der Waals surface area contributed by atoms with Gasteiger partial charge in [-0.1, -0.05) is 30.3 Å². The fraction of sp³-hybridized carbons (Fsp3) is 0.333. The van der Waals surface area contributed by atoms with Crippen molar-refractivity contribution in [1.29, 1.82) is 0 Å². The van der Waals surface area contributed by atoms with E-state index in [4.69, 9.17) is 0 Å². The van der Waals surface area contributed by atoms with Crippen LogP contribution in [0.2, 0.25) is 0 Å². The van der Waals surface area contributed by atoms with Gasteiger partial charge >= 0.3 is 0 Å². The van der Waals surface area contributed by atoms with Crippen molar-refractivity contribution in [3.63, 3.8) is 0 Å². The molecule has 2 N–H and O–H groups in total. The monoisotopic (exact) mass is 403 g/mol. The first kappa shape index (κ1) is 20.3. The fourth-order valence-electron chi connectivity index (χ4n) is 3.93. The van der Waals surface area contributed by atoms with Crippen molar-refractivity contribution in [3.8, 4) is 0 Å². The molecule has 156 valence electrons. The van der Waals surface area contributed by atoms with Gasteiger partial charge in [-0.25, -0.2) is 4.98 Å². The number of nitrogens with one attached hydrogen (secondary N) is 2. The Balaban J connectivity index is 1.42. The average molecular weight is 404 g/mol. The van der Waals surface area contributed by atoms with Gasteiger partial charge in [0.05, 0.1) is 0 Å². The summed E-state index contributed by atoms with van der Waals surface area (Å²) in [4.78, 5) is 24.9. The molecular formula is C24H29N5O. The highest BCUT2D eigenvalue weighted by Gasteiger charge is 2.19. The number of pyridine rings is 1. The van der Waals surface area contributed by atoms with Crippen molar-refractivity contribution < 1.29 is 4.79 Å². The molecular weight excluding hydrogens is 374 g/mol. The number of aromatic nitrogens is 2. The lowest BCUT2D eigenvalue weighted by Crippen LogP contribution is -2.51. The van der Waals surface area contributed by atoms with Crippen molar-refractivity contribution in [2.24, 2.45) is 0 Å². The Morgan fingerprint density at radius 2 is 1.97 bits per heavy atom. The van der Waals surface area contributed by atoms with Crippen LogP contribution in [0.1, 0.15) is 11.1 Å². The summed E-state index contributed by atoms with van der Waals surface area (Å²) >= 11 is 0. The summed E-state index contributed by atoms with van der Waals surface area (Å²) in [6.45, 7) is 5.08. The number of piperazine rings is 1. The van der Waals surface area contributed by atoms with E-state index in [2.05, 4.69) is 56.4 Å². The van der Waals surface area contributed by atoms with Gasteiger partial charge in [0, 0.05) is 68.2 Å². The standard InChI is InChI=1S/C24H29N5O/c1-28-12-14-29(15-13-28)18-21(16-19-6-3-2-4-7-19)27-23(30)10-9-20-17-26-24-22(20)8-5-11-25-24/h2-11,17,21H,12-16,18H2,1H3,(H,25,26)(H,27,30). The SMILES string of the molecule is CN1CCN(CC(Cc2ccccc2)NC(=O)C=Cc2c[nH]c3ncccc23)CC1. The van der Waals surface area contributed by atoms with Crippen molar-refractivity contribution in [2.75, 3.05) is 39.8 Å². The summed E-state index contributed by atoms with van der Waals surface area (Å²) in [5.74, 6) is -0.0664. The van der Waals surface area contributed by atoms with Crippen LogP contribution in [0.3, 0.4) is 0 Å². The van der Waals surface area contributed by atoms with E-state index in [0.717, 1.165) is 55.7 Å². The van der Waals surface area contributed by atoms with Crippen LogP contribution in [-0.4, -0.2) is 71.5 Å². The zero-order valence-electron chi connectivity index (χ0n) is 17.4. The first-order valence-corrected chi connectivity index (χ1v) is 10.5. The van der Waals surface area contributed by atoms with E-state index in [9.17, 15) is 4.79 Å². The van der Waals surface area contributed by atoms with Crippen LogP contribution in [0.4, 0.5) is 0 Å². The number of carbonyl (C=O) groups is 1. The third-order valence-electron chi connectivity index (χ3n) is 5.64. The molecule has 3 heterocycles. The van der Waals surface area contributed by atoms with Crippen LogP contribution in [0.5, 0.6) is 0 Å². The predicted molar refractivity (Wildman–Crippen MR) is 121 cm³/mol. The summed E-state index contributed by atoms with van der Waals surface area (Å²) in [7, 11) is 2.16. The molecule has 30 heavy (non-hydrogen) atoms. The molecule has 2 aromatic heterocycles. The van der Waals surface area contributed by atoms with Crippen molar-refractivity contribution in [2.45, 2.75) is 12.5 Å². The van der Waals surface area contributed by atoms with Crippen LogP contribution < -0.4 is 5.32 Å². The Bertz CT molecular complexity index is 989. The van der Waals surface area contributed by atoms with Gasteiger partial charge in [0.1, 0.15) is 5.65 Å². The zero-order chi connectivity index (χ0) is 20.8. The quantitative estimate of drug-likeness (QED) is 0.595. The van der Waals surface area contributed by atoms with E-state index in [1.807, 2.05) is 30.5 Å². The highest BCUT2D eigenvalue weighted by Crippen LogP contribution is 2.16. The maximum Gasteiger partial charge on any atom is 0.244 e. The normalized spacial score (nSPS) is 16.8. The molecule has 0 spiro atoms. The Morgan fingerprint density at radius 3 is 2.77 bits per heavy atom. The summed E-state index contributed by atoms with van der Waals surface area (Å²) in [6.07, 6.45) is 7.94. The van der Waals surface area contributed by atoms with Crippen molar-refractivity contribution >= 4 is 23.0 Å². The molecule has 3 aromatic rings. The lowest BCUT2D eigenvalue weighted by Gasteiger charge is -2.34.